The van der Waals surface area contributed by atoms with E-state index < -0.39 is 23.1 Å². The first-order valence-electron chi connectivity index (χ1n) is 7.70. The standard InChI is InChI=1S/C17H17N3O5/c1-3-24-16(22)11-10(9-6-4-8(2)5-7-9)12-14(21)19-17(23)20-15(12)25-13(11)18/h4-7,10H,3,18H2,1-2H3,(H2,19,20,21,23). The molecule has 4 N–H and O–H groups in total. The minimum atomic E-state index is -0.816. The van der Waals surface area contributed by atoms with E-state index in [1.807, 2.05) is 19.1 Å². The van der Waals surface area contributed by atoms with Crippen LogP contribution in [0.2, 0.25) is 0 Å². The van der Waals surface area contributed by atoms with Crippen molar-refractivity contribution in [1.82, 2.24) is 9.97 Å². The van der Waals surface area contributed by atoms with Crippen LogP contribution in [-0.2, 0) is 9.53 Å². The summed E-state index contributed by atoms with van der Waals surface area (Å²) in [7, 11) is 0. The van der Waals surface area contributed by atoms with Crippen LogP contribution in [0.4, 0.5) is 0 Å². The first-order valence-corrected chi connectivity index (χ1v) is 7.70. The van der Waals surface area contributed by atoms with Crippen LogP contribution in [0.5, 0.6) is 5.88 Å². The number of carbonyl (C=O) groups excluding carboxylic acids is 1. The first kappa shape index (κ1) is 16.6. The Morgan fingerprint density at radius 2 is 1.92 bits per heavy atom. The van der Waals surface area contributed by atoms with E-state index >= 15 is 0 Å². The molecule has 8 heteroatoms. The van der Waals surface area contributed by atoms with Crippen molar-refractivity contribution in [1.29, 1.82) is 0 Å². The zero-order valence-corrected chi connectivity index (χ0v) is 13.7. The van der Waals surface area contributed by atoms with E-state index in [-0.39, 0.29) is 29.5 Å². The molecule has 2 aromatic rings. The Morgan fingerprint density at radius 1 is 1.24 bits per heavy atom. The maximum Gasteiger partial charge on any atom is 0.340 e. The third-order valence-electron chi connectivity index (χ3n) is 3.90. The van der Waals surface area contributed by atoms with Gasteiger partial charge in [0.15, 0.2) is 0 Å². The molecule has 130 valence electrons. The number of esters is 1. The number of carbonyl (C=O) groups is 1. The van der Waals surface area contributed by atoms with Gasteiger partial charge in [0.25, 0.3) is 5.56 Å². The average molecular weight is 343 g/mol. The second-order valence-corrected chi connectivity index (χ2v) is 5.60. The second-order valence-electron chi connectivity index (χ2n) is 5.60. The van der Waals surface area contributed by atoms with Gasteiger partial charge in [-0.2, -0.15) is 0 Å². The van der Waals surface area contributed by atoms with Crippen LogP contribution >= 0.6 is 0 Å². The molecule has 2 heterocycles. The molecule has 8 nitrogen and oxygen atoms in total. The Morgan fingerprint density at radius 3 is 2.56 bits per heavy atom. The van der Waals surface area contributed by atoms with Crippen LogP contribution in [0.15, 0.2) is 45.3 Å². The number of hydrogen-bond acceptors (Lipinski definition) is 6. The van der Waals surface area contributed by atoms with E-state index in [1.165, 1.54) is 0 Å². The van der Waals surface area contributed by atoms with E-state index in [0.29, 0.717) is 5.56 Å². The van der Waals surface area contributed by atoms with Gasteiger partial charge in [-0.25, -0.2) is 9.59 Å². The summed E-state index contributed by atoms with van der Waals surface area (Å²) in [6.07, 6.45) is 0. The van der Waals surface area contributed by atoms with E-state index in [9.17, 15) is 14.4 Å². The predicted molar refractivity (Wildman–Crippen MR) is 89.2 cm³/mol. The number of nitrogens with two attached hydrogens (primary N) is 1. The Labute approximate surface area is 142 Å². The molecule has 0 amide bonds. The van der Waals surface area contributed by atoms with Crippen molar-refractivity contribution in [2.45, 2.75) is 19.8 Å². The van der Waals surface area contributed by atoms with Crippen LogP contribution in [0, 0.1) is 6.92 Å². The van der Waals surface area contributed by atoms with Crippen molar-refractivity contribution in [2.75, 3.05) is 6.61 Å². The molecule has 1 aliphatic rings. The van der Waals surface area contributed by atoms with Crippen molar-refractivity contribution in [3.63, 3.8) is 0 Å². The number of aryl methyl sites for hydroxylation is 1. The summed E-state index contributed by atoms with van der Waals surface area (Å²) in [5.41, 5.74) is 6.32. The van der Waals surface area contributed by atoms with Gasteiger partial charge in [-0.1, -0.05) is 29.8 Å². The fourth-order valence-electron chi connectivity index (χ4n) is 2.79. The number of benzene rings is 1. The van der Waals surface area contributed by atoms with Gasteiger partial charge in [-0.3, -0.25) is 14.8 Å². The van der Waals surface area contributed by atoms with E-state index in [4.69, 9.17) is 15.2 Å². The summed E-state index contributed by atoms with van der Waals surface area (Å²) < 4.78 is 10.4. The van der Waals surface area contributed by atoms with Crippen LogP contribution in [0.25, 0.3) is 0 Å². The highest BCUT2D eigenvalue weighted by atomic mass is 16.5. The van der Waals surface area contributed by atoms with Crippen molar-refractivity contribution in [3.05, 3.63) is 73.3 Å². The minimum absolute atomic E-state index is 0.0238. The molecule has 0 bridgehead atoms. The molecule has 0 saturated carbocycles. The van der Waals surface area contributed by atoms with Gasteiger partial charge in [0.05, 0.1) is 18.1 Å². The number of rotatable bonds is 3. The second kappa shape index (κ2) is 6.31. The van der Waals surface area contributed by atoms with Crippen molar-refractivity contribution in [3.8, 4) is 5.88 Å². The predicted octanol–water partition coefficient (Wildman–Crippen LogP) is 0.629. The zero-order chi connectivity index (χ0) is 18.1. The average Bonchev–Trinajstić information content (AvgIpc) is 2.54. The Balaban J connectivity index is 2.27. The highest BCUT2D eigenvalue weighted by Gasteiger charge is 2.38. The highest BCUT2D eigenvalue weighted by molar-refractivity contribution is 5.92. The number of H-pyrrole nitrogens is 2. The van der Waals surface area contributed by atoms with E-state index in [1.54, 1.807) is 19.1 Å². The number of aromatic nitrogens is 2. The fourth-order valence-corrected chi connectivity index (χ4v) is 2.79. The molecular formula is C17H17N3O5. The first-order chi connectivity index (χ1) is 11.9. The lowest BCUT2D eigenvalue weighted by Crippen LogP contribution is -2.35. The number of hydrogen-bond donors (Lipinski definition) is 3. The summed E-state index contributed by atoms with van der Waals surface area (Å²) in [4.78, 5) is 40.9. The van der Waals surface area contributed by atoms with E-state index in [2.05, 4.69) is 9.97 Å². The van der Waals surface area contributed by atoms with Crippen molar-refractivity contribution < 1.29 is 14.3 Å². The lowest BCUT2D eigenvalue weighted by atomic mass is 9.84. The largest absolute Gasteiger partial charge is 0.462 e. The van der Waals surface area contributed by atoms with Crippen molar-refractivity contribution in [2.24, 2.45) is 5.73 Å². The summed E-state index contributed by atoms with van der Waals surface area (Å²) in [5, 5.41) is 0. The lowest BCUT2D eigenvalue weighted by Gasteiger charge is -2.27. The Kier molecular flexibility index (Phi) is 4.18. The summed E-state index contributed by atoms with van der Waals surface area (Å²) in [6.45, 7) is 3.73. The summed E-state index contributed by atoms with van der Waals surface area (Å²) >= 11 is 0. The van der Waals surface area contributed by atoms with Gasteiger partial charge in [0.1, 0.15) is 5.57 Å². The minimum Gasteiger partial charge on any atom is -0.462 e. The molecular weight excluding hydrogens is 326 g/mol. The lowest BCUT2D eigenvalue weighted by molar-refractivity contribution is -0.139. The Bertz CT molecular complexity index is 969. The number of nitrogens with one attached hydrogen (secondary N) is 2. The number of aromatic amines is 2. The van der Waals surface area contributed by atoms with Gasteiger partial charge in [0, 0.05) is 0 Å². The maximum atomic E-state index is 12.4. The van der Waals surface area contributed by atoms with Gasteiger partial charge in [-0.05, 0) is 19.4 Å². The van der Waals surface area contributed by atoms with Gasteiger partial charge in [0.2, 0.25) is 11.8 Å². The van der Waals surface area contributed by atoms with Crippen LogP contribution in [0.3, 0.4) is 0 Å². The molecule has 25 heavy (non-hydrogen) atoms. The molecule has 1 aromatic heterocycles. The smallest absolute Gasteiger partial charge is 0.340 e. The van der Waals surface area contributed by atoms with Crippen LogP contribution < -0.4 is 21.7 Å². The molecule has 1 aromatic carbocycles. The fraction of sp³-hybridized carbons (Fsp3) is 0.235. The quantitative estimate of drug-likeness (QED) is 0.702. The molecule has 0 radical (unpaired) electrons. The molecule has 0 aliphatic carbocycles. The van der Waals surface area contributed by atoms with Crippen LogP contribution in [-0.4, -0.2) is 22.5 Å². The topological polar surface area (TPSA) is 127 Å². The van der Waals surface area contributed by atoms with Crippen LogP contribution in [0.1, 0.15) is 29.5 Å². The van der Waals surface area contributed by atoms with E-state index in [0.717, 1.165) is 5.56 Å². The molecule has 3 rings (SSSR count). The third-order valence-corrected chi connectivity index (χ3v) is 3.90. The van der Waals surface area contributed by atoms with Gasteiger partial charge in [-0.15, -0.1) is 0 Å². The molecule has 1 atom stereocenters. The van der Waals surface area contributed by atoms with Crippen molar-refractivity contribution >= 4 is 5.97 Å². The highest BCUT2D eigenvalue weighted by Crippen LogP contribution is 2.39. The summed E-state index contributed by atoms with van der Waals surface area (Å²) in [6, 6.07) is 7.27. The Hall–Kier alpha value is -3.29. The molecule has 1 aliphatic heterocycles. The molecule has 1 unspecified atom stereocenters. The zero-order valence-electron chi connectivity index (χ0n) is 13.7. The van der Waals surface area contributed by atoms with Gasteiger partial charge >= 0.3 is 11.7 Å². The SMILES string of the molecule is CCOC(=O)C1=C(N)Oc2[nH]c(=O)[nH]c(=O)c2C1c1ccc(C)cc1. The summed E-state index contributed by atoms with van der Waals surface area (Å²) in [5.74, 6) is -1.78. The molecule has 0 fully saturated rings. The monoisotopic (exact) mass is 343 g/mol. The molecule has 0 spiro atoms. The normalized spacial score (nSPS) is 16.2. The molecule has 0 saturated heterocycles. The van der Waals surface area contributed by atoms with Gasteiger partial charge < -0.3 is 15.2 Å². The number of fused-ring (bicyclic) bond motifs is 1. The maximum absolute atomic E-state index is 12.4. The third kappa shape index (κ3) is 2.93. The number of ether oxygens (including phenoxy) is 2.